The van der Waals surface area contributed by atoms with Crippen molar-refractivity contribution in [1.82, 2.24) is 4.72 Å². The molecule has 0 aromatic heterocycles. The fourth-order valence-electron chi connectivity index (χ4n) is 7.95. The SMILES string of the molecule is C[C@@H]1[C@@H](C)CCCC(C=O)[C@@H]2CC[C@H]2CN2C[C@@]3(CCCc4cc(Cl)ccc43)COc3ccc(cc32)C(=O)NS1(=O)=O.NC(CO)(CO)CO. The maximum absolute atomic E-state index is 13.3. The van der Waals surface area contributed by atoms with E-state index in [1.807, 2.05) is 13.0 Å². The van der Waals surface area contributed by atoms with Gasteiger partial charge in [0.25, 0.3) is 5.91 Å². The van der Waals surface area contributed by atoms with E-state index in [1.54, 1.807) is 25.1 Å². The third-order valence-electron chi connectivity index (χ3n) is 11.6. The standard InChI is InChI=1S/C33H41ClN2O5S.C4H11NO3/c1-21-5-3-6-26(18-37)28-11-8-25(28)17-36-19-33(14-4-7-23-15-27(34)10-12-29(23)33)20-41-31-13-9-24(16-30(31)36)32(38)35-42(39,40)22(21)2;5-4(1-6,2-7)3-8/h9-10,12-13,15-16,18,21-22,25-26,28H,3-8,11,14,17,19-20H2,1-2H3,(H,35,38);6-8H,1-3,5H2/t21-,22+,25-,26?,28+,33-;/m0./s1. The molecule has 2 aliphatic carbocycles. The quantitative estimate of drug-likeness (QED) is 0.292. The van der Waals surface area contributed by atoms with Crippen molar-refractivity contribution in [1.29, 1.82) is 0 Å². The second-order valence-corrected chi connectivity index (χ2v) is 17.5. The zero-order valence-corrected chi connectivity index (χ0v) is 30.6. The average molecular weight is 734 g/mol. The van der Waals surface area contributed by atoms with E-state index in [-0.39, 0.29) is 17.3 Å². The Kier molecular flexibility index (Phi) is 12.2. The normalized spacial score (nSPS) is 29.5. The Labute approximate surface area is 300 Å². The third-order valence-corrected chi connectivity index (χ3v) is 13.8. The molecule has 2 aliphatic heterocycles. The summed E-state index contributed by atoms with van der Waals surface area (Å²) in [7, 11) is -3.89. The number of aldehydes is 1. The average Bonchev–Trinajstić information content (AvgIpc) is 3.25. The Morgan fingerprint density at radius 3 is 2.44 bits per heavy atom. The van der Waals surface area contributed by atoms with Gasteiger partial charge in [0.15, 0.2) is 0 Å². The maximum Gasteiger partial charge on any atom is 0.264 e. The second kappa shape index (κ2) is 15.9. The highest BCUT2D eigenvalue weighted by Crippen LogP contribution is 2.47. The number of aliphatic hydroxyl groups is 3. The van der Waals surface area contributed by atoms with Crippen LogP contribution in [-0.4, -0.2) is 86.2 Å². The molecule has 2 heterocycles. The molecule has 6 atom stereocenters. The Morgan fingerprint density at radius 1 is 1.06 bits per heavy atom. The first-order valence-electron chi connectivity index (χ1n) is 17.7. The number of carbonyl (C=O) groups is 2. The maximum atomic E-state index is 13.3. The van der Waals surface area contributed by atoms with Crippen LogP contribution >= 0.6 is 11.6 Å². The zero-order valence-electron chi connectivity index (χ0n) is 29.0. The van der Waals surface area contributed by atoms with Gasteiger partial charge in [-0.2, -0.15) is 0 Å². The van der Waals surface area contributed by atoms with Crippen LogP contribution in [0.15, 0.2) is 36.4 Å². The van der Waals surface area contributed by atoms with Gasteiger partial charge in [-0.1, -0.05) is 31.0 Å². The van der Waals surface area contributed by atoms with Gasteiger partial charge in [-0.3, -0.25) is 4.79 Å². The molecule has 0 radical (unpaired) electrons. The van der Waals surface area contributed by atoms with Gasteiger partial charge in [0.05, 0.1) is 42.9 Å². The fourth-order valence-corrected chi connectivity index (χ4v) is 9.46. The molecule has 1 fully saturated rings. The lowest BCUT2D eigenvalue weighted by atomic mass is 9.65. The van der Waals surface area contributed by atoms with Gasteiger partial charge in [0.2, 0.25) is 10.0 Å². The molecule has 2 aromatic rings. The largest absolute Gasteiger partial charge is 0.490 e. The molecule has 2 aromatic carbocycles. The molecule has 11 nitrogen and oxygen atoms in total. The van der Waals surface area contributed by atoms with E-state index < -0.39 is 46.5 Å². The molecule has 1 spiro atoms. The van der Waals surface area contributed by atoms with Crippen molar-refractivity contribution in [2.75, 3.05) is 44.4 Å². The first-order valence-corrected chi connectivity index (χ1v) is 19.6. The van der Waals surface area contributed by atoms with E-state index in [4.69, 9.17) is 37.4 Å². The van der Waals surface area contributed by atoms with Crippen molar-refractivity contribution >= 4 is 39.5 Å². The summed E-state index contributed by atoms with van der Waals surface area (Å²) in [5.74, 6) is 0.559. The number of amides is 1. The lowest BCUT2D eigenvalue weighted by Crippen LogP contribution is -2.50. The van der Waals surface area contributed by atoms with Crippen LogP contribution in [-0.2, 0) is 26.7 Å². The molecule has 13 heteroatoms. The van der Waals surface area contributed by atoms with Crippen LogP contribution in [0.2, 0.25) is 5.02 Å². The molecule has 1 amide bonds. The number of ether oxygens (including phenoxy) is 1. The molecular formula is C37H52ClN3O8S. The van der Waals surface area contributed by atoms with Gasteiger partial charge in [0, 0.05) is 35.0 Å². The third kappa shape index (κ3) is 8.16. The summed E-state index contributed by atoms with van der Waals surface area (Å²) < 4.78 is 35.3. The number of fused-ring (bicyclic) bond motifs is 4. The first-order chi connectivity index (χ1) is 23.8. The summed E-state index contributed by atoms with van der Waals surface area (Å²) in [6.45, 7) is 4.33. The van der Waals surface area contributed by atoms with Gasteiger partial charge < -0.3 is 35.5 Å². The Morgan fingerprint density at radius 2 is 1.80 bits per heavy atom. The molecule has 6 rings (SSSR count). The number of nitrogens with two attached hydrogens (primary N) is 1. The summed E-state index contributed by atoms with van der Waals surface area (Å²) in [6.07, 6.45) is 8.43. The van der Waals surface area contributed by atoms with Crippen LogP contribution in [0.1, 0.15) is 80.3 Å². The van der Waals surface area contributed by atoms with Crippen LogP contribution in [0.5, 0.6) is 5.75 Å². The minimum Gasteiger partial charge on any atom is -0.490 e. The Bertz CT molecular complexity index is 1630. The second-order valence-electron chi connectivity index (χ2n) is 15.0. The first kappa shape index (κ1) is 38.5. The summed E-state index contributed by atoms with van der Waals surface area (Å²) in [6, 6.07) is 11.4. The van der Waals surface area contributed by atoms with Gasteiger partial charge >= 0.3 is 0 Å². The molecule has 6 N–H and O–H groups in total. The number of aliphatic hydroxyl groups excluding tert-OH is 3. The van der Waals surface area contributed by atoms with E-state index in [0.717, 1.165) is 68.5 Å². The summed E-state index contributed by atoms with van der Waals surface area (Å²) in [4.78, 5) is 28.0. The fraction of sp³-hybridized carbons (Fsp3) is 0.622. The number of aryl methyl sites for hydroxylation is 1. The summed E-state index contributed by atoms with van der Waals surface area (Å²) in [5.41, 5.74) is 7.31. The van der Waals surface area contributed by atoms with E-state index in [1.165, 1.54) is 11.1 Å². The number of anilines is 1. The molecule has 50 heavy (non-hydrogen) atoms. The zero-order chi connectivity index (χ0) is 36.3. The Balaban J connectivity index is 0.000000544. The summed E-state index contributed by atoms with van der Waals surface area (Å²) in [5, 5.41) is 25.0. The highest BCUT2D eigenvalue weighted by molar-refractivity contribution is 7.90. The predicted molar refractivity (Wildman–Crippen MR) is 193 cm³/mol. The lowest BCUT2D eigenvalue weighted by Gasteiger charge is -2.46. The molecule has 4 aliphatic rings. The van der Waals surface area contributed by atoms with Gasteiger partial charge in [-0.05, 0) is 111 Å². The smallest absolute Gasteiger partial charge is 0.264 e. The highest BCUT2D eigenvalue weighted by Gasteiger charge is 2.44. The van der Waals surface area contributed by atoms with E-state index in [2.05, 4.69) is 21.8 Å². The minimum absolute atomic E-state index is 0.0315. The number of nitrogens with one attached hydrogen (secondary N) is 1. The van der Waals surface area contributed by atoms with E-state index in [0.29, 0.717) is 42.7 Å². The van der Waals surface area contributed by atoms with E-state index in [9.17, 15) is 18.0 Å². The van der Waals surface area contributed by atoms with Gasteiger partial charge in [-0.25, -0.2) is 13.1 Å². The van der Waals surface area contributed by atoms with Crippen LogP contribution in [0.3, 0.4) is 0 Å². The number of rotatable bonds is 4. The molecule has 276 valence electrons. The number of carbonyl (C=O) groups excluding carboxylic acids is 2. The van der Waals surface area contributed by atoms with Crippen molar-refractivity contribution in [3.8, 4) is 5.75 Å². The molecule has 1 unspecified atom stereocenters. The van der Waals surface area contributed by atoms with Crippen molar-refractivity contribution in [3.63, 3.8) is 0 Å². The van der Waals surface area contributed by atoms with Crippen molar-refractivity contribution in [2.24, 2.45) is 29.4 Å². The molecule has 2 bridgehead atoms. The van der Waals surface area contributed by atoms with Gasteiger partial charge in [-0.15, -0.1) is 0 Å². The van der Waals surface area contributed by atoms with Crippen molar-refractivity contribution in [3.05, 3.63) is 58.1 Å². The molecular weight excluding hydrogens is 682 g/mol. The minimum atomic E-state index is -3.89. The van der Waals surface area contributed by atoms with Crippen molar-refractivity contribution in [2.45, 2.75) is 81.4 Å². The molecule has 0 saturated heterocycles. The van der Waals surface area contributed by atoms with Crippen molar-refractivity contribution < 1.29 is 38.1 Å². The monoisotopic (exact) mass is 733 g/mol. The van der Waals surface area contributed by atoms with Crippen LogP contribution in [0, 0.1) is 23.7 Å². The van der Waals surface area contributed by atoms with Crippen LogP contribution < -0.4 is 20.1 Å². The number of sulfonamides is 1. The highest BCUT2D eigenvalue weighted by atomic mass is 35.5. The number of benzene rings is 2. The predicted octanol–water partition coefficient (Wildman–Crippen LogP) is 3.58. The van der Waals surface area contributed by atoms with Crippen LogP contribution in [0.4, 0.5) is 5.69 Å². The number of halogens is 1. The van der Waals surface area contributed by atoms with E-state index >= 15 is 0 Å². The Hall–Kier alpha value is -2.74. The van der Waals surface area contributed by atoms with Crippen LogP contribution in [0.25, 0.3) is 0 Å². The number of hydrogen-bond acceptors (Lipinski definition) is 10. The summed E-state index contributed by atoms with van der Waals surface area (Å²) >= 11 is 6.39. The lowest BCUT2D eigenvalue weighted by molar-refractivity contribution is -0.115. The molecule has 1 saturated carbocycles. The number of hydrogen-bond donors (Lipinski definition) is 5. The number of nitrogens with zero attached hydrogens (tertiary/aromatic N) is 1. The topological polar surface area (TPSA) is 179 Å². The van der Waals surface area contributed by atoms with Gasteiger partial charge in [0.1, 0.15) is 12.0 Å².